The van der Waals surface area contributed by atoms with Gasteiger partial charge in [-0.1, -0.05) is 6.07 Å². The third-order valence-corrected chi connectivity index (χ3v) is 5.11. The third kappa shape index (κ3) is 2.07. The van der Waals surface area contributed by atoms with Crippen LogP contribution in [0.1, 0.15) is 30.5 Å². The van der Waals surface area contributed by atoms with Gasteiger partial charge in [0.25, 0.3) is 0 Å². The summed E-state index contributed by atoms with van der Waals surface area (Å²) in [4.78, 5) is 21.2. The number of hydrogen-bond donors (Lipinski definition) is 0. The molecule has 3 heterocycles. The van der Waals surface area contributed by atoms with Crippen molar-refractivity contribution in [2.45, 2.75) is 33.1 Å². The highest BCUT2D eigenvalue weighted by atomic mass is 16.2. The molecule has 3 rings (SSSR count). The Kier molecular flexibility index (Phi) is 3.19. The average Bonchev–Trinajstić information content (AvgIpc) is 2.72. The number of anilines is 1. The first-order valence-electron chi connectivity index (χ1n) is 7.47. The fourth-order valence-electron chi connectivity index (χ4n) is 3.42. The van der Waals surface area contributed by atoms with E-state index in [2.05, 4.69) is 35.9 Å². The van der Waals surface area contributed by atoms with E-state index in [0.717, 1.165) is 50.4 Å². The van der Waals surface area contributed by atoms with Crippen molar-refractivity contribution in [3.63, 3.8) is 0 Å². The van der Waals surface area contributed by atoms with Crippen LogP contribution in [0.4, 0.5) is 5.82 Å². The molecule has 0 atom stereocenters. The maximum atomic E-state index is 12.3. The van der Waals surface area contributed by atoms with Crippen LogP contribution in [0.3, 0.4) is 0 Å². The van der Waals surface area contributed by atoms with E-state index >= 15 is 0 Å². The Bertz CT molecular complexity index is 533. The van der Waals surface area contributed by atoms with Crippen molar-refractivity contribution >= 4 is 11.7 Å². The molecule has 0 radical (unpaired) electrons. The second-order valence-electron chi connectivity index (χ2n) is 6.32. The van der Waals surface area contributed by atoms with E-state index in [1.165, 1.54) is 5.56 Å². The minimum atomic E-state index is -0.0784. The molecule has 0 bridgehead atoms. The number of aryl methyl sites for hydroxylation is 2. The average molecular weight is 273 g/mol. The number of amides is 1. The van der Waals surface area contributed by atoms with E-state index in [9.17, 15) is 4.79 Å². The normalized spacial score (nSPS) is 21.9. The van der Waals surface area contributed by atoms with Crippen molar-refractivity contribution in [3.8, 4) is 0 Å². The van der Waals surface area contributed by atoms with Gasteiger partial charge in [0.1, 0.15) is 5.82 Å². The van der Waals surface area contributed by atoms with Gasteiger partial charge in [0.05, 0.1) is 5.41 Å². The molecule has 0 aliphatic carbocycles. The maximum Gasteiger partial charge on any atom is 0.228 e. The summed E-state index contributed by atoms with van der Waals surface area (Å²) in [5.74, 6) is 1.41. The summed E-state index contributed by atoms with van der Waals surface area (Å²) in [7, 11) is 1.92. The molecule has 2 aliphatic heterocycles. The fraction of sp³-hybridized carbons (Fsp3) is 0.625. The Morgan fingerprint density at radius 1 is 1.10 bits per heavy atom. The highest BCUT2D eigenvalue weighted by Crippen LogP contribution is 2.41. The smallest absolute Gasteiger partial charge is 0.228 e. The lowest BCUT2D eigenvalue weighted by molar-refractivity contribution is -0.135. The first-order chi connectivity index (χ1) is 9.52. The lowest BCUT2D eigenvalue weighted by Crippen LogP contribution is -2.44. The highest BCUT2D eigenvalue weighted by molar-refractivity contribution is 5.85. The Labute approximate surface area is 120 Å². The zero-order chi connectivity index (χ0) is 14.3. The van der Waals surface area contributed by atoms with Gasteiger partial charge in [-0.25, -0.2) is 4.98 Å². The molecule has 1 aromatic rings. The van der Waals surface area contributed by atoms with Gasteiger partial charge in [0, 0.05) is 32.4 Å². The molecule has 2 saturated heterocycles. The van der Waals surface area contributed by atoms with E-state index in [-0.39, 0.29) is 5.41 Å². The number of aromatic nitrogens is 1. The molecule has 0 aromatic carbocycles. The van der Waals surface area contributed by atoms with Gasteiger partial charge < -0.3 is 9.80 Å². The van der Waals surface area contributed by atoms with Crippen LogP contribution >= 0.6 is 0 Å². The van der Waals surface area contributed by atoms with E-state index in [0.29, 0.717) is 5.91 Å². The van der Waals surface area contributed by atoms with Crippen molar-refractivity contribution in [2.24, 2.45) is 5.41 Å². The van der Waals surface area contributed by atoms with E-state index in [1.807, 2.05) is 11.9 Å². The lowest BCUT2D eigenvalue weighted by Gasteiger charge is -2.38. The largest absolute Gasteiger partial charge is 0.357 e. The molecule has 0 saturated carbocycles. The highest BCUT2D eigenvalue weighted by Gasteiger charge is 2.46. The van der Waals surface area contributed by atoms with Gasteiger partial charge in [0.2, 0.25) is 5.91 Å². The van der Waals surface area contributed by atoms with Crippen LogP contribution < -0.4 is 4.90 Å². The van der Waals surface area contributed by atoms with Gasteiger partial charge >= 0.3 is 0 Å². The topological polar surface area (TPSA) is 36.4 Å². The zero-order valence-corrected chi connectivity index (χ0v) is 12.6. The predicted molar refractivity (Wildman–Crippen MR) is 79.8 cm³/mol. The summed E-state index contributed by atoms with van der Waals surface area (Å²) in [6, 6.07) is 4.24. The molecular weight excluding hydrogens is 250 g/mol. The molecular formula is C16H23N3O. The van der Waals surface area contributed by atoms with Crippen molar-refractivity contribution < 1.29 is 4.79 Å². The summed E-state index contributed by atoms with van der Waals surface area (Å²) in [6.07, 6.45) is 2.95. The molecule has 4 heteroatoms. The van der Waals surface area contributed by atoms with E-state index in [4.69, 9.17) is 0 Å². The zero-order valence-electron chi connectivity index (χ0n) is 12.6. The number of carbonyl (C=O) groups is 1. The van der Waals surface area contributed by atoms with Gasteiger partial charge in [-0.2, -0.15) is 0 Å². The number of nitrogens with zero attached hydrogens (tertiary/aromatic N) is 3. The molecule has 2 aliphatic rings. The molecule has 108 valence electrons. The number of likely N-dealkylation sites (tertiary alicyclic amines) is 1. The van der Waals surface area contributed by atoms with Crippen LogP contribution in [-0.2, 0) is 4.79 Å². The standard InChI is InChI=1S/C16H23N3O/c1-12-4-5-14(17-13(12)2)19-10-7-16(8-11-19)6-9-18(3)15(16)20/h4-5H,6-11H2,1-3H3. The molecule has 1 amide bonds. The number of rotatable bonds is 1. The van der Waals surface area contributed by atoms with Crippen LogP contribution in [0.15, 0.2) is 12.1 Å². The van der Waals surface area contributed by atoms with Crippen molar-refractivity contribution in [3.05, 3.63) is 23.4 Å². The summed E-state index contributed by atoms with van der Waals surface area (Å²) in [6.45, 7) is 6.94. The minimum Gasteiger partial charge on any atom is -0.357 e. The SMILES string of the molecule is Cc1ccc(N2CCC3(CCN(C)C3=O)CC2)nc1C. The second-order valence-corrected chi connectivity index (χ2v) is 6.32. The summed E-state index contributed by atoms with van der Waals surface area (Å²) < 4.78 is 0. The third-order valence-electron chi connectivity index (χ3n) is 5.11. The summed E-state index contributed by atoms with van der Waals surface area (Å²) >= 11 is 0. The van der Waals surface area contributed by atoms with E-state index in [1.54, 1.807) is 0 Å². The maximum absolute atomic E-state index is 12.3. The van der Waals surface area contributed by atoms with Crippen molar-refractivity contribution in [1.82, 2.24) is 9.88 Å². The Morgan fingerprint density at radius 2 is 1.75 bits per heavy atom. The number of hydrogen-bond acceptors (Lipinski definition) is 3. The quantitative estimate of drug-likeness (QED) is 0.786. The number of pyridine rings is 1. The fourth-order valence-corrected chi connectivity index (χ4v) is 3.42. The summed E-state index contributed by atoms with van der Waals surface area (Å²) in [5.41, 5.74) is 2.25. The van der Waals surface area contributed by atoms with Crippen LogP contribution in [0.2, 0.25) is 0 Å². The van der Waals surface area contributed by atoms with Gasteiger partial charge in [-0.05, 0) is 44.7 Å². The van der Waals surface area contributed by atoms with Crippen molar-refractivity contribution in [2.75, 3.05) is 31.6 Å². The first-order valence-corrected chi connectivity index (χ1v) is 7.47. The Balaban J connectivity index is 1.72. The number of carbonyl (C=O) groups excluding carboxylic acids is 1. The Morgan fingerprint density at radius 3 is 2.30 bits per heavy atom. The molecule has 1 aromatic heterocycles. The molecule has 20 heavy (non-hydrogen) atoms. The Hall–Kier alpha value is -1.58. The molecule has 2 fully saturated rings. The van der Waals surface area contributed by atoms with Crippen LogP contribution in [0, 0.1) is 19.3 Å². The predicted octanol–water partition coefficient (Wildman–Crippen LogP) is 2.15. The van der Waals surface area contributed by atoms with Crippen LogP contribution in [0.25, 0.3) is 0 Å². The first kappa shape index (κ1) is 13.4. The summed E-state index contributed by atoms with van der Waals surface area (Å²) in [5, 5.41) is 0. The van der Waals surface area contributed by atoms with Crippen molar-refractivity contribution in [1.29, 1.82) is 0 Å². The molecule has 4 nitrogen and oxygen atoms in total. The molecule has 1 spiro atoms. The molecule has 0 N–H and O–H groups in total. The minimum absolute atomic E-state index is 0.0784. The van der Waals surface area contributed by atoms with Crippen LogP contribution in [-0.4, -0.2) is 42.5 Å². The molecule has 0 unspecified atom stereocenters. The van der Waals surface area contributed by atoms with E-state index < -0.39 is 0 Å². The van der Waals surface area contributed by atoms with Gasteiger partial charge in [-0.3, -0.25) is 4.79 Å². The van der Waals surface area contributed by atoms with Crippen LogP contribution in [0.5, 0.6) is 0 Å². The lowest BCUT2D eigenvalue weighted by atomic mass is 9.77. The van der Waals surface area contributed by atoms with Gasteiger partial charge in [-0.15, -0.1) is 0 Å². The second kappa shape index (κ2) is 4.76. The number of piperidine rings is 1. The monoisotopic (exact) mass is 273 g/mol. The van der Waals surface area contributed by atoms with Gasteiger partial charge in [0.15, 0.2) is 0 Å².